The molecule has 39 heavy (non-hydrogen) atoms. The predicted molar refractivity (Wildman–Crippen MR) is 154 cm³/mol. The van der Waals surface area contributed by atoms with E-state index in [4.69, 9.17) is 0 Å². The summed E-state index contributed by atoms with van der Waals surface area (Å²) in [5.41, 5.74) is 1.66. The maximum atomic E-state index is 14.3. The van der Waals surface area contributed by atoms with Gasteiger partial charge >= 0.3 is 0 Å². The molecule has 200 valence electrons. The van der Waals surface area contributed by atoms with E-state index in [0.717, 1.165) is 16.7 Å². The van der Waals surface area contributed by atoms with Gasteiger partial charge in [0, 0.05) is 11.4 Å². The van der Waals surface area contributed by atoms with E-state index < -0.39 is 25.4 Å². The molecule has 0 fully saturated rings. The van der Waals surface area contributed by atoms with Crippen LogP contribution < -0.4 is 0 Å². The van der Waals surface area contributed by atoms with Gasteiger partial charge < -0.3 is 0 Å². The molecule has 0 saturated carbocycles. The third-order valence-electron chi connectivity index (χ3n) is 7.20. The fraction of sp³-hybridized carbons (Fsp3) is 0.188. The second-order valence-corrected chi connectivity index (χ2v) is 13.9. The Labute approximate surface area is 231 Å². The number of sulfone groups is 1. The van der Waals surface area contributed by atoms with Crippen molar-refractivity contribution in [2.45, 2.75) is 41.5 Å². The third kappa shape index (κ3) is 5.62. The van der Waals surface area contributed by atoms with Gasteiger partial charge in [0.2, 0.25) is 19.9 Å². The van der Waals surface area contributed by atoms with Crippen LogP contribution in [0.2, 0.25) is 0 Å². The van der Waals surface area contributed by atoms with Crippen molar-refractivity contribution in [3.8, 4) is 0 Å². The largest absolute Gasteiger partial charge is 0.243 e. The summed E-state index contributed by atoms with van der Waals surface area (Å²) in [6, 6.07) is 34.5. The maximum Gasteiger partial charge on any atom is 0.243 e. The summed E-state index contributed by atoms with van der Waals surface area (Å²) >= 11 is 0. The second-order valence-electron chi connectivity index (χ2n) is 10.00. The molecule has 0 amide bonds. The van der Waals surface area contributed by atoms with Crippen LogP contribution >= 0.6 is 0 Å². The maximum absolute atomic E-state index is 14.3. The highest BCUT2D eigenvalue weighted by molar-refractivity contribution is 7.95. The van der Waals surface area contributed by atoms with Gasteiger partial charge in [0.1, 0.15) is 0 Å². The van der Waals surface area contributed by atoms with Crippen LogP contribution in [0, 0.1) is 6.92 Å². The Bertz CT molecular complexity index is 1620. The molecule has 4 aromatic rings. The number of benzene rings is 4. The lowest BCUT2D eigenvalue weighted by Gasteiger charge is -2.45. The van der Waals surface area contributed by atoms with Crippen molar-refractivity contribution in [2.24, 2.45) is 0 Å². The van der Waals surface area contributed by atoms with Crippen molar-refractivity contribution >= 4 is 19.9 Å². The van der Waals surface area contributed by atoms with Crippen LogP contribution in [0.3, 0.4) is 0 Å². The molecule has 1 heterocycles. The third-order valence-corrected chi connectivity index (χ3v) is 11.1. The van der Waals surface area contributed by atoms with Crippen molar-refractivity contribution in [3.63, 3.8) is 0 Å². The average molecular weight is 558 g/mol. The molecule has 5 nitrogen and oxygen atoms in total. The highest BCUT2D eigenvalue weighted by atomic mass is 32.2. The Morgan fingerprint density at radius 3 is 1.64 bits per heavy atom. The monoisotopic (exact) mass is 557 g/mol. The van der Waals surface area contributed by atoms with Crippen LogP contribution in [0.25, 0.3) is 0 Å². The Hall–Kier alpha value is -3.52. The molecule has 0 N–H and O–H groups in total. The van der Waals surface area contributed by atoms with Gasteiger partial charge in [0.05, 0.1) is 15.3 Å². The van der Waals surface area contributed by atoms with E-state index in [-0.39, 0.29) is 27.7 Å². The molecule has 5 rings (SSSR count). The minimum absolute atomic E-state index is 0.0494. The normalized spacial score (nSPS) is 16.0. The van der Waals surface area contributed by atoms with Gasteiger partial charge in [-0.1, -0.05) is 96.6 Å². The summed E-state index contributed by atoms with van der Waals surface area (Å²) < 4.78 is 57.7. The molecule has 7 heteroatoms. The van der Waals surface area contributed by atoms with Gasteiger partial charge in [-0.2, -0.15) is 4.31 Å². The van der Waals surface area contributed by atoms with E-state index in [1.54, 1.807) is 60.7 Å². The number of sulfonamides is 1. The van der Waals surface area contributed by atoms with E-state index in [1.807, 2.05) is 67.6 Å². The summed E-state index contributed by atoms with van der Waals surface area (Å²) in [6.07, 6.45) is 2.45. The molecule has 1 aliphatic rings. The Kier molecular flexibility index (Phi) is 7.58. The van der Waals surface area contributed by atoms with Gasteiger partial charge in [-0.3, -0.25) is 0 Å². The zero-order chi connectivity index (χ0) is 27.5. The van der Waals surface area contributed by atoms with Crippen LogP contribution in [-0.4, -0.2) is 33.2 Å². The van der Waals surface area contributed by atoms with Crippen LogP contribution in [-0.2, 0) is 32.7 Å². The van der Waals surface area contributed by atoms with Crippen LogP contribution in [0.4, 0.5) is 0 Å². The fourth-order valence-corrected chi connectivity index (χ4v) is 8.56. The molecule has 0 aromatic heterocycles. The second kappa shape index (κ2) is 10.9. The number of rotatable bonds is 8. The summed E-state index contributed by atoms with van der Waals surface area (Å²) in [4.78, 5) is 0.650. The smallest absolute Gasteiger partial charge is 0.219 e. The topological polar surface area (TPSA) is 71.5 Å². The average Bonchev–Trinajstić information content (AvgIpc) is 2.94. The van der Waals surface area contributed by atoms with Gasteiger partial charge in [0.15, 0.2) is 0 Å². The number of hydrogen-bond acceptors (Lipinski definition) is 4. The van der Waals surface area contributed by atoms with Gasteiger partial charge in [-0.15, -0.1) is 0 Å². The summed E-state index contributed by atoms with van der Waals surface area (Å²) in [5, 5.41) is 0. The zero-order valence-electron chi connectivity index (χ0n) is 21.8. The van der Waals surface area contributed by atoms with E-state index in [9.17, 15) is 16.8 Å². The van der Waals surface area contributed by atoms with E-state index in [1.165, 1.54) is 4.31 Å². The minimum atomic E-state index is -3.97. The lowest BCUT2D eigenvalue weighted by molar-refractivity contribution is 0.225. The molecule has 0 unspecified atom stereocenters. The van der Waals surface area contributed by atoms with Gasteiger partial charge in [-0.05, 0) is 67.7 Å². The van der Waals surface area contributed by atoms with Crippen molar-refractivity contribution in [2.75, 3.05) is 6.54 Å². The predicted octanol–water partition coefficient (Wildman–Crippen LogP) is 5.97. The first kappa shape index (κ1) is 27.1. The van der Waals surface area contributed by atoms with Crippen LogP contribution in [0.5, 0.6) is 0 Å². The first-order chi connectivity index (χ1) is 18.7. The highest BCUT2D eigenvalue weighted by Crippen LogP contribution is 2.40. The van der Waals surface area contributed by atoms with E-state index in [0.29, 0.717) is 12.8 Å². The van der Waals surface area contributed by atoms with Crippen LogP contribution in [0.1, 0.15) is 23.1 Å². The van der Waals surface area contributed by atoms with E-state index >= 15 is 0 Å². The molecule has 0 radical (unpaired) electrons. The molecule has 0 bridgehead atoms. The number of aryl methyl sites for hydroxylation is 1. The number of nitrogens with zero attached hydrogens (tertiary/aromatic N) is 1. The first-order valence-electron chi connectivity index (χ1n) is 12.9. The minimum Gasteiger partial charge on any atom is -0.219 e. The van der Waals surface area contributed by atoms with Gasteiger partial charge in [0.25, 0.3) is 0 Å². The summed E-state index contributed by atoms with van der Waals surface area (Å²) in [5.74, 6) is 0. The fourth-order valence-electron chi connectivity index (χ4n) is 5.28. The first-order valence-corrected chi connectivity index (χ1v) is 15.8. The molecule has 4 aromatic carbocycles. The SMILES string of the molecule is Cc1ccc(S(=O)(=O)N2CCC(S(=O)(=O)c3ccccc3)=CC2(Cc2ccccc2)Cc2ccccc2)cc1. The number of hydrogen-bond donors (Lipinski definition) is 0. The Morgan fingerprint density at radius 1 is 0.641 bits per heavy atom. The van der Waals surface area contributed by atoms with Gasteiger partial charge in [-0.25, -0.2) is 16.8 Å². The standard InChI is InChI=1S/C32H31NO4S2/c1-26-17-19-30(20-18-26)39(36,37)33-22-21-31(38(34,35)29-15-9-4-10-16-29)25-32(33,23-27-11-5-2-6-12-27)24-28-13-7-3-8-14-28/h2-20,25H,21-24H2,1H3. The summed E-state index contributed by atoms with van der Waals surface area (Å²) in [6.45, 7) is 1.96. The van der Waals surface area contributed by atoms with Crippen LogP contribution in [0.15, 0.2) is 136 Å². The zero-order valence-corrected chi connectivity index (χ0v) is 23.4. The highest BCUT2D eigenvalue weighted by Gasteiger charge is 2.47. The van der Waals surface area contributed by atoms with Crippen molar-refractivity contribution < 1.29 is 16.8 Å². The lowest BCUT2D eigenvalue weighted by atomic mass is 9.82. The summed E-state index contributed by atoms with van der Waals surface area (Å²) in [7, 11) is -7.78. The van der Waals surface area contributed by atoms with Crippen molar-refractivity contribution in [1.29, 1.82) is 0 Å². The Balaban J connectivity index is 1.73. The molecule has 0 spiro atoms. The quantitative estimate of drug-likeness (QED) is 0.268. The molecule has 0 saturated heterocycles. The lowest BCUT2D eigenvalue weighted by Crippen LogP contribution is -2.56. The van der Waals surface area contributed by atoms with Crippen molar-refractivity contribution in [3.05, 3.63) is 143 Å². The Morgan fingerprint density at radius 2 is 1.13 bits per heavy atom. The molecule has 1 aliphatic heterocycles. The molecular formula is C32H31NO4S2. The van der Waals surface area contributed by atoms with Crippen molar-refractivity contribution in [1.82, 2.24) is 4.31 Å². The van der Waals surface area contributed by atoms with E-state index in [2.05, 4.69) is 0 Å². The molecule has 0 aliphatic carbocycles. The molecule has 0 atom stereocenters. The molecular weight excluding hydrogens is 526 g/mol.